The molecule has 2 rings (SSSR count). The summed E-state index contributed by atoms with van der Waals surface area (Å²) >= 11 is 1.53. The number of hydrogen-bond acceptors (Lipinski definition) is 4. The molecule has 0 fully saturated rings. The first-order valence-electron chi connectivity index (χ1n) is 6.14. The summed E-state index contributed by atoms with van der Waals surface area (Å²) < 4.78 is 1.80. The molecule has 0 bridgehead atoms. The van der Waals surface area contributed by atoms with Crippen LogP contribution in [0.25, 0.3) is 0 Å². The molecular formula is C13H17N3O2S. The van der Waals surface area contributed by atoms with E-state index in [9.17, 15) is 4.79 Å². The third kappa shape index (κ3) is 3.57. The van der Waals surface area contributed by atoms with Gasteiger partial charge >= 0.3 is 5.97 Å². The number of hydrogen-bond donors (Lipinski definition) is 2. The van der Waals surface area contributed by atoms with Crippen molar-refractivity contribution in [3.05, 3.63) is 33.8 Å². The Morgan fingerprint density at radius 2 is 2.21 bits per heavy atom. The minimum Gasteiger partial charge on any atom is -0.481 e. The second kappa shape index (κ2) is 5.88. The van der Waals surface area contributed by atoms with Gasteiger partial charge in [-0.2, -0.15) is 5.10 Å². The molecule has 19 heavy (non-hydrogen) atoms. The highest BCUT2D eigenvalue weighted by molar-refractivity contribution is 7.12. The number of aryl methyl sites for hydroxylation is 2. The summed E-state index contributed by atoms with van der Waals surface area (Å²) in [6.45, 7) is 2.77. The summed E-state index contributed by atoms with van der Waals surface area (Å²) in [6.07, 6.45) is 2.94. The predicted molar refractivity (Wildman–Crippen MR) is 75.6 cm³/mol. The van der Waals surface area contributed by atoms with Gasteiger partial charge < -0.3 is 10.4 Å². The number of nitrogens with one attached hydrogen (secondary N) is 1. The number of aromatic nitrogens is 2. The lowest BCUT2D eigenvalue weighted by molar-refractivity contribution is -0.136. The van der Waals surface area contributed by atoms with Crippen molar-refractivity contribution in [1.29, 1.82) is 0 Å². The molecule has 2 N–H and O–H groups in total. The van der Waals surface area contributed by atoms with E-state index in [2.05, 4.69) is 17.3 Å². The van der Waals surface area contributed by atoms with E-state index in [4.69, 9.17) is 5.11 Å². The first kappa shape index (κ1) is 13.6. The number of carboxylic acids is 1. The lowest BCUT2D eigenvalue weighted by Crippen LogP contribution is -1.99. The van der Waals surface area contributed by atoms with Gasteiger partial charge in [0, 0.05) is 29.5 Å². The lowest BCUT2D eigenvalue weighted by Gasteiger charge is -2.03. The van der Waals surface area contributed by atoms with Crippen LogP contribution < -0.4 is 5.32 Å². The molecule has 2 heterocycles. The fourth-order valence-corrected chi connectivity index (χ4v) is 2.84. The third-order valence-corrected chi connectivity index (χ3v) is 3.82. The van der Waals surface area contributed by atoms with Crippen LogP contribution in [0, 0.1) is 0 Å². The summed E-state index contributed by atoms with van der Waals surface area (Å²) in [6, 6.07) is 3.84. The normalized spacial score (nSPS) is 10.6. The third-order valence-electron chi connectivity index (χ3n) is 2.74. The van der Waals surface area contributed by atoms with Gasteiger partial charge in [0.05, 0.1) is 17.8 Å². The molecule has 0 saturated carbocycles. The molecule has 0 aliphatic carbocycles. The average Bonchev–Trinajstić information content (AvgIpc) is 2.92. The molecule has 0 aromatic carbocycles. The first-order valence-corrected chi connectivity index (χ1v) is 6.96. The van der Waals surface area contributed by atoms with Crippen LogP contribution in [0.5, 0.6) is 0 Å². The van der Waals surface area contributed by atoms with E-state index in [-0.39, 0.29) is 6.42 Å². The van der Waals surface area contributed by atoms with Crippen LogP contribution >= 0.6 is 11.3 Å². The van der Waals surface area contributed by atoms with E-state index in [1.165, 1.54) is 11.3 Å². The Morgan fingerprint density at radius 1 is 1.47 bits per heavy atom. The van der Waals surface area contributed by atoms with E-state index < -0.39 is 5.97 Å². The van der Waals surface area contributed by atoms with Crippen LogP contribution in [0.3, 0.4) is 0 Å². The molecule has 0 aliphatic rings. The van der Waals surface area contributed by atoms with Gasteiger partial charge in [0.1, 0.15) is 0 Å². The first-order chi connectivity index (χ1) is 9.08. The maximum Gasteiger partial charge on any atom is 0.308 e. The second-order valence-corrected chi connectivity index (χ2v) is 5.56. The maximum absolute atomic E-state index is 10.6. The van der Waals surface area contributed by atoms with Crippen molar-refractivity contribution < 1.29 is 9.90 Å². The van der Waals surface area contributed by atoms with Crippen molar-refractivity contribution in [2.75, 3.05) is 5.32 Å². The summed E-state index contributed by atoms with van der Waals surface area (Å²) in [5.41, 5.74) is 2.09. The number of rotatable bonds is 6. The summed E-state index contributed by atoms with van der Waals surface area (Å²) in [7, 11) is 1.90. The van der Waals surface area contributed by atoms with Crippen LogP contribution in [0.2, 0.25) is 0 Å². The number of carboxylic acid groups (broad SMARTS) is 1. The largest absolute Gasteiger partial charge is 0.481 e. The fraction of sp³-hybridized carbons (Fsp3) is 0.385. The Morgan fingerprint density at radius 3 is 2.89 bits per heavy atom. The zero-order chi connectivity index (χ0) is 13.8. The minimum atomic E-state index is -0.790. The minimum absolute atomic E-state index is 0.0950. The molecule has 6 heteroatoms. The van der Waals surface area contributed by atoms with Crippen molar-refractivity contribution in [2.24, 2.45) is 7.05 Å². The molecular weight excluding hydrogens is 262 g/mol. The molecule has 102 valence electrons. The van der Waals surface area contributed by atoms with Crippen molar-refractivity contribution >= 4 is 23.0 Å². The smallest absolute Gasteiger partial charge is 0.308 e. The average molecular weight is 279 g/mol. The molecule has 0 saturated heterocycles. The van der Waals surface area contributed by atoms with Gasteiger partial charge in [-0.15, -0.1) is 11.3 Å². The zero-order valence-electron chi connectivity index (χ0n) is 11.0. The fourth-order valence-electron chi connectivity index (χ4n) is 1.89. The quantitative estimate of drug-likeness (QED) is 0.851. The zero-order valence-corrected chi connectivity index (χ0v) is 11.8. The van der Waals surface area contributed by atoms with Crippen molar-refractivity contribution in [3.8, 4) is 0 Å². The van der Waals surface area contributed by atoms with Crippen molar-refractivity contribution in [2.45, 2.75) is 26.3 Å². The van der Waals surface area contributed by atoms with Gasteiger partial charge in [-0.3, -0.25) is 9.48 Å². The van der Waals surface area contributed by atoms with Crippen LogP contribution in [-0.2, 0) is 31.2 Å². The molecule has 0 unspecified atom stereocenters. The molecule has 5 nitrogen and oxygen atoms in total. The van der Waals surface area contributed by atoms with Crippen LogP contribution in [0.15, 0.2) is 18.3 Å². The number of anilines is 1. The summed E-state index contributed by atoms with van der Waals surface area (Å²) in [4.78, 5) is 12.6. The van der Waals surface area contributed by atoms with Gasteiger partial charge in [0.15, 0.2) is 0 Å². The summed E-state index contributed by atoms with van der Waals surface area (Å²) in [5, 5.41) is 16.4. The van der Waals surface area contributed by atoms with Gasteiger partial charge in [-0.05, 0) is 18.6 Å². The van der Waals surface area contributed by atoms with Gasteiger partial charge in [0.25, 0.3) is 0 Å². The molecule has 2 aromatic heterocycles. The number of thiophene rings is 1. The van der Waals surface area contributed by atoms with Crippen LogP contribution in [0.1, 0.15) is 22.4 Å². The standard InChI is InChI=1S/C13H17N3O2S/c1-3-11-12(8-16(2)15-11)14-7-10-5-4-9(19-10)6-13(17)18/h4-5,8,14H,3,6-7H2,1-2H3,(H,17,18). The van der Waals surface area contributed by atoms with Gasteiger partial charge in [-0.25, -0.2) is 0 Å². The molecule has 0 atom stereocenters. The molecule has 0 aliphatic heterocycles. The van der Waals surface area contributed by atoms with Gasteiger partial charge in [-0.1, -0.05) is 6.92 Å². The lowest BCUT2D eigenvalue weighted by atomic mass is 10.3. The number of nitrogens with zero attached hydrogens (tertiary/aromatic N) is 2. The highest BCUT2D eigenvalue weighted by atomic mass is 32.1. The molecule has 0 spiro atoms. The Hall–Kier alpha value is -1.82. The Bertz CT molecular complexity index is 574. The highest BCUT2D eigenvalue weighted by Crippen LogP contribution is 2.20. The highest BCUT2D eigenvalue weighted by Gasteiger charge is 2.07. The number of carbonyl (C=O) groups is 1. The van der Waals surface area contributed by atoms with E-state index in [0.29, 0.717) is 6.54 Å². The maximum atomic E-state index is 10.6. The molecule has 0 radical (unpaired) electrons. The van der Waals surface area contributed by atoms with Crippen LogP contribution in [-0.4, -0.2) is 20.9 Å². The van der Waals surface area contributed by atoms with E-state index in [1.54, 1.807) is 4.68 Å². The van der Waals surface area contributed by atoms with E-state index in [0.717, 1.165) is 27.6 Å². The Kier molecular flexibility index (Phi) is 4.21. The molecule has 0 amide bonds. The van der Waals surface area contributed by atoms with Gasteiger partial charge in [0.2, 0.25) is 0 Å². The Labute approximate surface area is 115 Å². The monoisotopic (exact) mass is 279 g/mol. The van der Waals surface area contributed by atoms with Crippen molar-refractivity contribution in [3.63, 3.8) is 0 Å². The summed E-state index contributed by atoms with van der Waals surface area (Å²) in [5.74, 6) is -0.790. The second-order valence-electron chi connectivity index (χ2n) is 4.31. The van der Waals surface area contributed by atoms with E-state index in [1.807, 2.05) is 25.4 Å². The SMILES string of the molecule is CCc1nn(C)cc1NCc1ccc(CC(=O)O)s1. The predicted octanol–water partition coefficient (Wildman–Crippen LogP) is 2.28. The van der Waals surface area contributed by atoms with Crippen LogP contribution in [0.4, 0.5) is 5.69 Å². The van der Waals surface area contributed by atoms with E-state index >= 15 is 0 Å². The number of aliphatic carboxylic acids is 1. The molecule has 2 aromatic rings. The topological polar surface area (TPSA) is 67.2 Å². The Balaban J connectivity index is 1.98. The van der Waals surface area contributed by atoms with Crippen molar-refractivity contribution in [1.82, 2.24) is 9.78 Å².